The van der Waals surface area contributed by atoms with Crippen LogP contribution >= 0.6 is 0 Å². The summed E-state index contributed by atoms with van der Waals surface area (Å²) in [6.07, 6.45) is -4.53. The SMILES string of the molecule is [NH]c1ccc(C(F)(F)F)cc1C(N)=O. The van der Waals surface area contributed by atoms with Gasteiger partial charge in [-0.3, -0.25) is 4.79 Å². The van der Waals surface area contributed by atoms with Gasteiger partial charge in [0, 0.05) is 0 Å². The van der Waals surface area contributed by atoms with E-state index < -0.39 is 23.2 Å². The topological polar surface area (TPSA) is 66.9 Å². The first-order valence-electron chi connectivity index (χ1n) is 3.55. The average molecular weight is 203 g/mol. The van der Waals surface area contributed by atoms with E-state index >= 15 is 0 Å². The highest BCUT2D eigenvalue weighted by molar-refractivity contribution is 5.97. The molecule has 0 aliphatic carbocycles. The summed E-state index contributed by atoms with van der Waals surface area (Å²) in [4.78, 5) is 10.6. The first kappa shape index (κ1) is 10.4. The molecule has 0 heterocycles. The highest BCUT2D eigenvalue weighted by Crippen LogP contribution is 2.31. The second-order valence-corrected chi connectivity index (χ2v) is 2.62. The maximum absolute atomic E-state index is 12.1. The third-order valence-electron chi connectivity index (χ3n) is 1.61. The van der Waals surface area contributed by atoms with Crippen molar-refractivity contribution >= 4 is 11.6 Å². The van der Waals surface area contributed by atoms with Crippen molar-refractivity contribution in [1.29, 1.82) is 0 Å². The van der Waals surface area contributed by atoms with Crippen LogP contribution in [-0.2, 0) is 6.18 Å². The fourth-order valence-corrected chi connectivity index (χ4v) is 0.924. The van der Waals surface area contributed by atoms with Gasteiger partial charge in [0.1, 0.15) is 0 Å². The van der Waals surface area contributed by atoms with Gasteiger partial charge in [-0.25, -0.2) is 0 Å². The Hall–Kier alpha value is -1.72. The normalized spacial score (nSPS) is 11.4. The van der Waals surface area contributed by atoms with Crippen molar-refractivity contribution in [2.45, 2.75) is 6.18 Å². The first-order chi connectivity index (χ1) is 6.32. The summed E-state index contributed by atoms with van der Waals surface area (Å²) < 4.78 is 36.4. The molecule has 6 heteroatoms. The summed E-state index contributed by atoms with van der Waals surface area (Å²) >= 11 is 0. The van der Waals surface area contributed by atoms with E-state index in [4.69, 9.17) is 11.5 Å². The number of carbonyl (C=O) groups excluding carboxylic acids is 1. The predicted octanol–water partition coefficient (Wildman–Crippen LogP) is 1.72. The molecule has 0 atom stereocenters. The number of hydrogen-bond donors (Lipinski definition) is 1. The van der Waals surface area contributed by atoms with Gasteiger partial charge < -0.3 is 11.5 Å². The quantitative estimate of drug-likeness (QED) is 0.741. The maximum Gasteiger partial charge on any atom is 0.416 e. The highest BCUT2D eigenvalue weighted by atomic mass is 19.4. The Kier molecular flexibility index (Phi) is 2.37. The van der Waals surface area contributed by atoms with Crippen LogP contribution in [0, 0.1) is 0 Å². The molecule has 1 aromatic rings. The first-order valence-corrected chi connectivity index (χ1v) is 3.55. The molecular formula is C8H6F3N2O. The summed E-state index contributed by atoms with van der Waals surface area (Å²) in [5, 5.41) is 0. The van der Waals surface area contributed by atoms with E-state index in [2.05, 4.69) is 0 Å². The number of rotatable bonds is 1. The van der Waals surface area contributed by atoms with Crippen molar-refractivity contribution in [3.8, 4) is 0 Å². The van der Waals surface area contributed by atoms with Crippen LogP contribution in [0.25, 0.3) is 0 Å². The lowest BCUT2D eigenvalue weighted by Crippen LogP contribution is -2.14. The minimum Gasteiger partial charge on any atom is -0.366 e. The van der Waals surface area contributed by atoms with E-state index in [1.165, 1.54) is 0 Å². The molecule has 0 fully saturated rings. The fourth-order valence-electron chi connectivity index (χ4n) is 0.924. The Labute approximate surface area is 77.5 Å². The van der Waals surface area contributed by atoms with E-state index in [1.807, 2.05) is 0 Å². The molecule has 0 saturated carbocycles. The lowest BCUT2D eigenvalue weighted by Gasteiger charge is -2.08. The minimum absolute atomic E-state index is 0.314. The van der Waals surface area contributed by atoms with Crippen molar-refractivity contribution in [1.82, 2.24) is 5.73 Å². The Morgan fingerprint density at radius 2 is 1.93 bits per heavy atom. The van der Waals surface area contributed by atoms with E-state index in [0.29, 0.717) is 6.07 Å². The number of primary amides is 1. The number of amides is 1. The molecule has 1 radical (unpaired) electrons. The van der Waals surface area contributed by atoms with E-state index in [1.54, 1.807) is 0 Å². The van der Waals surface area contributed by atoms with Crippen molar-refractivity contribution in [3.05, 3.63) is 29.3 Å². The van der Waals surface area contributed by atoms with Gasteiger partial charge in [-0.1, -0.05) is 0 Å². The zero-order valence-electron chi connectivity index (χ0n) is 6.85. The summed E-state index contributed by atoms with van der Waals surface area (Å²) in [5.41, 5.74) is 10.2. The van der Waals surface area contributed by atoms with Crippen LogP contribution < -0.4 is 11.5 Å². The van der Waals surface area contributed by atoms with Gasteiger partial charge in [0.15, 0.2) is 0 Å². The van der Waals surface area contributed by atoms with Crippen molar-refractivity contribution in [3.63, 3.8) is 0 Å². The number of carbonyl (C=O) groups is 1. The third kappa shape index (κ3) is 1.95. The third-order valence-corrected chi connectivity index (χ3v) is 1.61. The molecule has 0 aliphatic heterocycles. The van der Waals surface area contributed by atoms with Crippen LogP contribution in [0.5, 0.6) is 0 Å². The molecule has 75 valence electrons. The van der Waals surface area contributed by atoms with Crippen LogP contribution in [0.15, 0.2) is 18.2 Å². The molecule has 1 aromatic carbocycles. The molecule has 0 aliphatic rings. The Morgan fingerprint density at radius 3 is 2.36 bits per heavy atom. The number of nitrogens with two attached hydrogens (primary N) is 1. The highest BCUT2D eigenvalue weighted by Gasteiger charge is 2.31. The number of halogens is 3. The molecule has 14 heavy (non-hydrogen) atoms. The molecule has 3 N–H and O–H groups in total. The van der Waals surface area contributed by atoms with E-state index in [-0.39, 0.29) is 5.69 Å². The number of benzene rings is 1. The van der Waals surface area contributed by atoms with Crippen LogP contribution in [-0.4, -0.2) is 5.91 Å². The van der Waals surface area contributed by atoms with Crippen LogP contribution in [0.2, 0.25) is 0 Å². The van der Waals surface area contributed by atoms with Crippen molar-refractivity contribution in [2.24, 2.45) is 5.73 Å². The molecule has 0 unspecified atom stereocenters. The Balaban J connectivity index is 3.27. The largest absolute Gasteiger partial charge is 0.416 e. The zero-order valence-corrected chi connectivity index (χ0v) is 6.85. The van der Waals surface area contributed by atoms with Crippen LogP contribution in [0.1, 0.15) is 15.9 Å². The van der Waals surface area contributed by atoms with Gasteiger partial charge >= 0.3 is 6.18 Å². The Bertz CT molecular complexity index is 373. The standard InChI is InChI=1S/C8H6F3N2O/c9-8(10,11)4-1-2-6(12)5(3-4)7(13)14/h1-3,12H,(H2,13,14). The van der Waals surface area contributed by atoms with E-state index in [9.17, 15) is 18.0 Å². The molecule has 0 saturated heterocycles. The molecule has 0 spiro atoms. The lowest BCUT2D eigenvalue weighted by atomic mass is 10.1. The lowest BCUT2D eigenvalue weighted by molar-refractivity contribution is -0.137. The van der Waals surface area contributed by atoms with Gasteiger partial charge in [-0.05, 0) is 18.2 Å². The molecule has 3 nitrogen and oxygen atoms in total. The van der Waals surface area contributed by atoms with E-state index in [0.717, 1.165) is 12.1 Å². The summed E-state index contributed by atoms with van der Waals surface area (Å²) in [5.74, 6) is -1.04. The van der Waals surface area contributed by atoms with Gasteiger partial charge in [-0.15, -0.1) is 0 Å². The number of nitrogens with one attached hydrogen (secondary N) is 1. The number of alkyl halides is 3. The maximum atomic E-state index is 12.1. The zero-order chi connectivity index (χ0) is 10.9. The Morgan fingerprint density at radius 1 is 1.36 bits per heavy atom. The van der Waals surface area contributed by atoms with Gasteiger partial charge in [-0.2, -0.15) is 13.2 Å². The predicted molar refractivity (Wildman–Crippen MR) is 42.7 cm³/mol. The summed E-state index contributed by atoms with van der Waals surface area (Å²) in [6.45, 7) is 0. The molecular weight excluding hydrogens is 197 g/mol. The molecule has 1 amide bonds. The summed E-state index contributed by atoms with van der Waals surface area (Å²) in [7, 11) is 0. The van der Waals surface area contributed by atoms with Crippen LogP contribution in [0.3, 0.4) is 0 Å². The van der Waals surface area contributed by atoms with Gasteiger partial charge in [0.05, 0.1) is 16.8 Å². The van der Waals surface area contributed by atoms with Crippen molar-refractivity contribution < 1.29 is 18.0 Å². The second kappa shape index (κ2) is 3.21. The van der Waals surface area contributed by atoms with Crippen LogP contribution in [0.4, 0.5) is 18.9 Å². The fraction of sp³-hybridized carbons (Fsp3) is 0.125. The van der Waals surface area contributed by atoms with Gasteiger partial charge in [0.25, 0.3) is 5.91 Å². The monoisotopic (exact) mass is 203 g/mol. The average Bonchev–Trinajstić information content (AvgIpc) is 2.02. The molecule has 0 aromatic heterocycles. The van der Waals surface area contributed by atoms with Crippen molar-refractivity contribution in [2.75, 3.05) is 0 Å². The second-order valence-electron chi connectivity index (χ2n) is 2.62. The van der Waals surface area contributed by atoms with Gasteiger partial charge in [0.2, 0.25) is 0 Å². The smallest absolute Gasteiger partial charge is 0.366 e. The summed E-state index contributed by atoms with van der Waals surface area (Å²) in [6, 6.07) is 2.20. The number of hydrogen-bond acceptors (Lipinski definition) is 1. The molecule has 1 rings (SSSR count). The molecule has 0 bridgehead atoms. The minimum atomic E-state index is -4.53.